The van der Waals surface area contributed by atoms with Crippen molar-refractivity contribution in [1.29, 1.82) is 0 Å². The van der Waals surface area contributed by atoms with Gasteiger partial charge in [-0.2, -0.15) is 0 Å². The topological polar surface area (TPSA) is 18.5 Å². The Labute approximate surface area is 122 Å². The SMILES string of the molecule is C=C[Si](C[CH2-])(OC(C)C)OC(C)C.[Br-].[Mg+2]. The largest absolute Gasteiger partial charge is 2.00 e. The summed E-state index contributed by atoms with van der Waals surface area (Å²) in [5, 5.41) is 0. The fraction of sp³-hybridized carbons (Fsp3) is 0.700. The van der Waals surface area contributed by atoms with Crippen molar-refractivity contribution in [2.75, 3.05) is 0 Å². The first kappa shape index (κ1) is 21.4. The van der Waals surface area contributed by atoms with Crippen LogP contribution in [0.2, 0.25) is 6.04 Å². The Morgan fingerprint density at radius 2 is 1.53 bits per heavy atom. The molecule has 0 amide bonds. The molecule has 86 valence electrons. The molecule has 0 unspecified atom stereocenters. The Bertz CT molecular complexity index is 156. The summed E-state index contributed by atoms with van der Waals surface area (Å²) in [6.45, 7) is 15.7. The zero-order valence-electron chi connectivity index (χ0n) is 10.3. The standard InChI is InChI=1S/C10H21O2Si.BrH.Mg/c1-7-13(8-2,11-9(3)4)12-10(5)6;;/h7,9-10H,1-2,8H2,3-6H3;1H;/q-1;;+2/p-1. The van der Waals surface area contributed by atoms with Crippen molar-refractivity contribution in [2.24, 2.45) is 0 Å². The first-order chi connectivity index (χ1) is 5.95. The van der Waals surface area contributed by atoms with Gasteiger partial charge in [-0.1, -0.05) is 5.70 Å². The van der Waals surface area contributed by atoms with Crippen molar-refractivity contribution < 1.29 is 25.8 Å². The van der Waals surface area contributed by atoms with Crippen LogP contribution in [0.5, 0.6) is 0 Å². The van der Waals surface area contributed by atoms with Crippen molar-refractivity contribution in [3.05, 3.63) is 19.2 Å². The first-order valence-corrected chi connectivity index (χ1v) is 6.84. The monoisotopic (exact) mass is 304 g/mol. The van der Waals surface area contributed by atoms with Gasteiger partial charge in [-0.3, -0.25) is 0 Å². The minimum Gasteiger partial charge on any atom is -1.00 e. The fourth-order valence-electron chi connectivity index (χ4n) is 1.14. The maximum Gasteiger partial charge on any atom is 2.00 e. The molecule has 5 heteroatoms. The molecule has 0 aromatic rings. The average Bonchev–Trinajstić information content (AvgIpc) is 2.01. The minimum absolute atomic E-state index is 0. The van der Waals surface area contributed by atoms with Crippen molar-refractivity contribution >= 4 is 31.6 Å². The molecule has 2 nitrogen and oxygen atoms in total. The molecule has 0 radical (unpaired) electrons. The van der Waals surface area contributed by atoms with Gasteiger partial charge in [0.15, 0.2) is 0 Å². The van der Waals surface area contributed by atoms with E-state index in [1.54, 1.807) is 0 Å². The van der Waals surface area contributed by atoms with Gasteiger partial charge in [0.25, 0.3) is 0 Å². The molecule has 0 fully saturated rings. The Balaban J connectivity index is -0.000000720. The third-order valence-corrected chi connectivity index (χ3v) is 4.59. The van der Waals surface area contributed by atoms with Gasteiger partial charge in [-0.25, -0.2) is 0 Å². The third kappa shape index (κ3) is 8.88. The van der Waals surface area contributed by atoms with Crippen LogP contribution in [0, 0.1) is 6.92 Å². The van der Waals surface area contributed by atoms with Crippen LogP contribution < -0.4 is 17.0 Å². The van der Waals surface area contributed by atoms with E-state index in [4.69, 9.17) is 8.85 Å². The molecule has 0 heterocycles. The van der Waals surface area contributed by atoms with Crippen molar-refractivity contribution in [2.45, 2.75) is 45.9 Å². The fourth-order valence-corrected chi connectivity index (χ4v) is 3.43. The van der Waals surface area contributed by atoms with E-state index >= 15 is 0 Å². The Morgan fingerprint density at radius 3 is 1.67 bits per heavy atom. The Hall–Kier alpha value is 1.12. The molecule has 15 heavy (non-hydrogen) atoms. The normalized spacial score (nSPS) is 10.9. The predicted octanol–water partition coefficient (Wildman–Crippen LogP) is -0.539. The molecule has 0 aliphatic rings. The van der Waals surface area contributed by atoms with Crippen LogP contribution in [0.4, 0.5) is 0 Å². The van der Waals surface area contributed by atoms with E-state index in [9.17, 15) is 0 Å². The molecule has 0 aromatic carbocycles. The minimum atomic E-state index is -2.22. The van der Waals surface area contributed by atoms with E-state index in [-0.39, 0.29) is 52.2 Å². The zero-order chi connectivity index (χ0) is 10.5. The Morgan fingerprint density at radius 1 is 1.20 bits per heavy atom. The summed E-state index contributed by atoms with van der Waals surface area (Å²) in [5.41, 5.74) is 1.82. The van der Waals surface area contributed by atoms with E-state index in [0.717, 1.165) is 0 Å². The predicted molar refractivity (Wildman–Crippen MR) is 64.3 cm³/mol. The second-order valence-electron chi connectivity index (χ2n) is 3.60. The summed E-state index contributed by atoms with van der Waals surface area (Å²) in [6.07, 6.45) is 0.343. The zero-order valence-corrected chi connectivity index (χ0v) is 14.3. The van der Waals surface area contributed by atoms with Crippen LogP contribution in [0.25, 0.3) is 0 Å². The molecule has 0 bridgehead atoms. The van der Waals surface area contributed by atoms with Gasteiger partial charge in [0.1, 0.15) is 0 Å². The van der Waals surface area contributed by atoms with Gasteiger partial charge >= 0.3 is 31.6 Å². The molecule has 0 N–H and O–H groups in total. The van der Waals surface area contributed by atoms with Crippen LogP contribution in [-0.2, 0) is 8.85 Å². The smallest absolute Gasteiger partial charge is 1.00 e. The molecule has 0 aliphatic carbocycles. The van der Waals surface area contributed by atoms with Gasteiger partial charge in [0, 0.05) is 12.2 Å². The van der Waals surface area contributed by atoms with Crippen LogP contribution in [-0.4, -0.2) is 43.8 Å². The third-order valence-electron chi connectivity index (χ3n) is 1.53. The summed E-state index contributed by atoms with van der Waals surface area (Å²) >= 11 is 0. The molecular weight excluding hydrogens is 284 g/mol. The second kappa shape index (κ2) is 10.3. The number of hydrogen-bond donors (Lipinski definition) is 0. The van der Waals surface area contributed by atoms with E-state index < -0.39 is 8.56 Å². The van der Waals surface area contributed by atoms with Crippen LogP contribution >= 0.6 is 0 Å². The molecule has 0 aromatic heterocycles. The van der Waals surface area contributed by atoms with E-state index in [2.05, 4.69) is 13.5 Å². The second-order valence-corrected chi connectivity index (χ2v) is 6.60. The maximum atomic E-state index is 5.78. The van der Waals surface area contributed by atoms with Gasteiger partial charge in [-0.05, 0) is 27.7 Å². The molecular formula is C10H21BrMgO2Si. The summed E-state index contributed by atoms with van der Waals surface area (Å²) in [6, 6.07) is 0.673. The van der Waals surface area contributed by atoms with Crippen LogP contribution in [0.3, 0.4) is 0 Å². The molecule has 0 saturated carbocycles. The van der Waals surface area contributed by atoms with Crippen LogP contribution in [0.15, 0.2) is 12.3 Å². The van der Waals surface area contributed by atoms with Gasteiger partial charge in [-0.15, -0.1) is 12.6 Å². The van der Waals surface area contributed by atoms with Crippen molar-refractivity contribution in [3.8, 4) is 0 Å². The molecule has 0 aliphatic heterocycles. The average molecular weight is 306 g/mol. The van der Waals surface area contributed by atoms with Crippen LogP contribution in [0.1, 0.15) is 27.7 Å². The summed E-state index contributed by atoms with van der Waals surface area (Å²) in [4.78, 5) is 0. The van der Waals surface area contributed by atoms with Crippen molar-refractivity contribution in [3.63, 3.8) is 0 Å². The van der Waals surface area contributed by atoms with Gasteiger partial charge < -0.3 is 32.8 Å². The number of halogens is 1. The van der Waals surface area contributed by atoms with E-state index in [1.165, 1.54) is 0 Å². The van der Waals surface area contributed by atoms with E-state index in [1.807, 2.05) is 33.4 Å². The van der Waals surface area contributed by atoms with Crippen molar-refractivity contribution in [1.82, 2.24) is 0 Å². The maximum absolute atomic E-state index is 5.78. The van der Waals surface area contributed by atoms with Gasteiger partial charge in [0.2, 0.25) is 0 Å². The molecule has 0 saturated heterocycles. The molecule has 0 spiro atoms. The first-order valence-electron chi connectivity index (χ1n) is 4.74. The summed E-state index contributed by atoms with van der Waals surface area (Å²) < 4.78 is 11.6. The van der Waals surface area contributed by atoms with Gasteiger partial charge in [0.05, 0.1) is 0 Å². The number of rotatable bonds is 6. The summed E-state index contributed by atoms with van der Waals surface area (Å²) in [7, 11) is -2.22. The summed E-state index contributed by atoms with van der Waals surface area (Å²) in [5.74, 6) is 0. The quantitative estimate of drug-likeness (QED) is 0.485. The van der Waals surface area contributed by atoms with E-state index in [0.29, 0.717) is 6.04 Å². The Kier molecular flexibility index (Phi) is 14.7. The number of hydrogen-bond acceptors (Lipinski definition) is 2. The molecule has 0 rings (SSSR count). The molecule has 0 atom stereocenters.